The third-order valence-electron chi connectivity index (χ3n) is 2.98. The summed E-state index contributed by atoms with van der Waals surface area (Å²) in [7, 11) is 0. The highest BCUT2D eigenvalue weighted by atomic mass is 15.0. The molecule has 0 heterocycles. The van der Waals surface area contributed by atoms with Crippen LogP contribution in [0.5, 0.6) is 0 Å². The smallest absolute Gasteiger partial charge is 0.0362 e. The van der Waals surface area contributed by atoms with Crippen LogP contribution < -0.4 is 10.6 Å². The van der Waals surface area contributed by atoms with E-state index in [1.54, 1.807) is 0 Å². The summed E-state index contributed by atoms with van der Waals surface area (Å²) in [5.74, 6) is 0.546. The van der Waals surface area contributed by atoms with Crippen LogP contribution in [-0.4, -0.2) is 24.3 Å². The molecular formula is C13H23N3. The predicted molar refractivity (Wildman–Crippen MR) is 67.8 cm³/mol. The maximum atomic E-state index is 7.94. The normalized spacial score (nSPS) is 21.3. The molecule has 0 aromatic rings. The van der Waals surface area contributed by atoms with Gasteiger partial charge in [0.15, 0.2) is 0 Å². The Balaban J connectivity index is 1.85. The average Bonchev–Trinajstić information content (AvgIpc) is 3.04. The number of nitrogens with one attached hydrogen (secondary N) is 3. The maximum Gasteiger partial charge on any atom is 0.0362 e. The number of hydrogen-bond acceptors (Lipinski definition) is 3. The zero-order valence-corrected chi connectivity index (χ0v) is 10.3. The van der Waals surface area contributed by atoms with Crippen molar-refractivity contribution in [1.82, 2.24) is 10.6 Å². The number of rotatable bonds is 7. The Morgan fingerprint density at radius 1 is 1.31 bits per heavy atom. The van der Waals surface area contributed by atoms with E-state index in [0.29, 0.717) is 12.0 Å². The van der Waals surface area contributed by atoms with Crippen LogP contribution in [0.15, 0.2) is 11.8 Å². The monoisotopic (exact) mass is 221 g/mol. The first kappa shape index (κ1) is 11.6. The highest BCUT2D eigenvalue weighted by Gasteiger charge is 2.25. The van der Waals surface area contributed by atoms with Crippen molar-refractivity contribution in [3.05, 3.63) is 11.8 Å². The molecule has 0 atom stereocenters. The number of hydrogen-bond donors (Lipinski definition) is 3. The summed E-state index contributed by atoms with van der Waals surface area (Å²) in [6, 6.07) is 1.17. The van der Waals surface area contributed by atoms with E-state index in [1.165, 1.54) is 31.4 Å². The first-order valence-electron chi connectivity index (χ1n) is 6.44. The maximum absolute atomic E-state index is 7.94. The van der Waals surface area contributed by atoms with Crippen LogP contribution in [0.3, 0.4) is 0 Å². The molecule has 0 amide bonds. The van der Waals surface area contributed by atoms with Gasteiger partial charge in [0.2, 0.25) is 0 Å². The van der Waals surface area contributed by atoms with Crippen LogP contribution in [0.4, 0.5) is 0 Å². The molecule has 0 radical (unpaired) electrons. The van der Waals surface area contributed by atoms with Crippen LogP contribution in [0, 0.1) is 11.3 Å². The molecular weight excluding hydrogens is 198 g/mol. The lowest BCUT2D eigenvalue weighted by Gasteiger charge is -2.15. The molecule has 0 bridgehead atoms. The Morgan fingerprint density at radius 3 is 2.50 bits per heavy atom. The van der Waals surface area contributed by atoms with E-state index in [9.17, 15) is 0 Å². The fraction of sp³-hybridized carbons (Fsp3) is 0.769. The molecule has 16 heavy (non-hydrogen) atoms. The zero-order chi connectivity index (χ0) is 11.5. The van der Waals surface area contributed by atoms with E-state index in [4.69, 9.17) is 5.41 Å². The second-order valence-electron chi connectivity index (χ2n) is 5.35. The van der Waals surface area contributed by atoms with Gasteiger partial charge in [-0.3, -0.25) is 0 Å². The van der Waals surface area contributed by atoms with Crippen molar-refractivity contribution < 1.29 is 0 Å². The van der Waals surface area contributed by atoms with Crippen LogP contribution in [0.1, 0.15) is 39.5 Å². The number of allylic oxidation sites excluding steroid dienone is 1. The van der Waals surface area contributed by atoms with Crippen molar-refractivity contribution in [2.24, 2.45) is 5.92 Å². The highest BCUT2D eigenvalue weighted by molar-refractivity contribution is 5.96. The fourth-order valence-corrected chi connectivity index (χ4v) is 1.76. The van der Waals surface area contributed by atoms with Gasteiger partial charge in [0.25, 0.3) is 0 Å². The van der Waals surface area contributed by atoms with Gasteiger partial charge in [-0.25, -0.2) is 0 Å². The Labute approximate surface area is 98.2 Å². The first-order valence-corrected chi connectivity index (χ1v) is 6.44. The van der Waals surface area contributed by atoms with Crippen molar-refractivity contribution in [3.8, 4) is 0 Å². The van der Waals surface area contributed by atoms with E-state index in [-0.39, 0.29) is 0 Å². The molecule has 0 saturated heterocycles. The SMILES string of the molecule is CC(C)N/C(=C\C(=N)C1CC1)CNC1CC1. The van der Waals surface area contributed by atoms with E-state index in [0.717, 1.165) is 18.3 Å². The molecule has 90 valence electrons. The van der Waals surface area contributed by atoms with E-state index < -0.39 is 0 Å². The minimum atomic E-state index is 0.444. The largest absolute Gasteiger partial charge is 0.385 e. The van der Waals surface area contributed by atoms with Crippen LogP contribution in [0.2, 0.25) is 0 Å². The molecule has 0 unspecified atom stereocenters. The topological polar surface area (TPSA) is 47.9 Å². The quantitative estimate of drug-likeness (QED) is 0.576. The first-order chi connectivity index (χ1) is 7.65. The molecule has 3 heteroatoms. The lowest BCUT2D eigenvalue weighted by Crippen LogP contribution is -2.31. The van der Waals surface area contributed by atoms with Gasteiger partial charge in [0.1, 0.15) is 0 Å². The van der Waals surface area contributed by atoms with Crippen LogP contribution in [-0.2, 0) is 0 Å². The van der Waals surface area contributed by atoms with Gasteiger partial charge >= 0.3 is 0 Å². The molecule has 0 aromatic heterocycles. The van der Waals surface area contributed by atoms with Crippen molar-refractivity contribution in [2.45, 2.75) is 51.6 Å². The van der Waals surface area contributed by atoms with Crippen molar-refractivity contribution in [3.63, 3.8) is 0 Å². The summed E-state index contributed by atoms with van der Waals surface area (Å²) in [6.07, 6.45) is 7.08. The Bertz CT molecular complexity index is 286. The van der Waals surface area contributed by atoms with Crippen molar-refractivity contribution >= 4 is 5.71 Å². The summed E-state index contributed by atoms with van der Waals surface area (Å²) in [6.45, 7) is 5.18. The van der Waals surface area contributed by atoms with Crippen LogP contribution >= 0.6 is 0 Å². The Morgan fingerprint density at radius 2 is 2.00 bits per heavy atom. The fourth-order valence-electron chi connectivity index (χ4n) is 1.76. The summed E-state index contributed by atoms with van der Waals surface area (Å²) >= 11 is 0. The van der Waals surface area contributed by atoms with Gasteiger partial charge in [-0.05, 0) is 45.6 Å². The molecule has 0 aliphatic heterocycles. The lowest BCUT2D eigenvalue weighted by molar-refractivity contribution is 0.619. The van der Waals surface area contributed by atoms with Gasteiger partial charge < -0.3 is 16.0 Å². The predicted octanol–water partition coefficient (Wildman–Crippen LogP) is 2.05. The molecule has 2 rings (SSSR count). The molecule has 3 N–H and O–H groups in total. The molecule has 0 spiro atoms. The summed E-state index contributed by atoms with van der Waals surface area (Å²) < 4.78 is 0. The van der Waals surface area contributed by atoms with Gasteiger partial charge in [0, 0.05) is 36.0 Å². The van der Waals surface area contributed by atoms with Crippen molar-refractivity contribution in [1.29, 1.82) is 5.41 Å². The highest BCUT2D eigenvalue weighted by Crippen LogP contribution is 2.30. The zero-order valence-electron chi connectivity index (χ0n) is 10.3. The Kier molecular flexibility index (Phi) is 3.64. The molecule has 2 aliphatic carbocycles. The van der Waals surface area contributed by atoms with Crippen molar-refractivity contribution in [2.75, 3.05) is 6.54 Å². The Hall–Kier alpha value is -0.830. The molecule has 2 aliphatic rings. The third kappa shape index (κ3) is 3.97. The van der Waals surface area contributed by atoms with Crippen LogP contribution in [0.25, 0.3) is 0 Å². The summed E-state index contributed by atoms with van der Waals surface area (Å²) in [5, 5.41) is 14.9. The second kappa shape index (κ2) is 5.00. The third-order valence-corrected chi connectivity index (χ3v) is 2.98. The molecule has 0 aromatic carbocycles. The van der Waals surface area contributed by atoms with E-state index in [1.807, 2.05) is 6.08 Å². The molecule has 3 nitrogen and oxygen atoms in total. The molecule has 2 fully saturated rings. The minimum Gasteiger partial charge on any atom is -0.385 e. The minimum absolute atomic E-state index is 0.444. The van der Waals surface area contributed by atoms with E-state index in [2.05, 4.69) is 24.5 Å². The second-order valence-corrected chi connectivity index (χ2v) is 5.35. The summed E-state index contributed by atoms with van der Waals surface area (Å²) in [4.78, 5) is 0. The standard InChI is InChI=1S/C13H23N3/c1-9(2)16-12(8-15-11-5-6-11)7-13(14)10-3-4-10/h7,9-11,14-16H,3-6,8H2,1-2H3/b12-7-,14-13?. The average molecular weight is 221 g/mol. The molecule has 2 saturated carbocycles. The van der Waals surface area contributed by atoms with Gasteiger partial charge in [-0.2, -0.15) is 0 Å². The lowest BCUT2D eigenvalue weighted by atomic mass is 10.2. The van der Waals surface area contributed by atoms with Gasteiger partial charge in [0.05, 0.1) is 0 Å². The van der Waals surface area contributed by atoms with Gasteiger partial charge in [-0.1, -0.05) is 0 Å². The van der Waals surface area contributed by atoms with E-state index >= 15 is 0 Å². The van der Waals surface area contributed by atoms with Gasteiger partial charge in [-0.15, -0.1) is 0 Å². The summed E-state index contributed by atoms with van der Waals surface area (Å²) in [5.41, 5.74) is 1.99.